The van der Waals surface area contributed by atoms with Gasteiger partial charge in [0.15, 0.2) is 0 Å². The number of para-hydroxylation sites is 1. The number of hydrogen-bond acceptors (Lipinski definition) is 5. The van der Waals surface area contributed by atoms with Gasteiger partial charge in [-0.1, -0.05) is 42.0 Å². The van der Waals surface area contributed by atoms with E-state index in [0.717, 1.165) is 41.3 Å². The predicted octanol–water partition coefficient (Wildman–Crippen LogP) is 3.52. The van der Waals surface area contributed by atoms with Crippen molar-refractivity contribution in [1.82, 2.24) is 20.1 Å². The average molecular weight is 437 g/mol. The fourth-order valence-corrected chi connectivity index (χ4v) is 4.94. The maximum Gasteiger partial charge on any atom is 0.225 e. The van der Waals surface area contributed by atoms with Crippen molar-refractivity contribution in [3.63, 3.8) is 0 Å². The van der Waals surface area contributed by atoms with Crippen molar-refractivity contribution in [1.29, 1.82) is 0 Å². The van der Waals surface area contributed by atoms with Crippen LogP contribution in [0.2, 0.25) is 0 Å². The second kappa shape index (κ2) is 9.58. The molecule has 2 amide bonds. The van der Waals surface area contributed by atoms with Gasteiger partial charge in [0.1, 0.15) is 5.01 Å². The zero-order valence-corrected chi connectivity index (χ0v) is 18.8. The van der Waals surface area contributed by atoms with Crippen molar-refractivity contribution in [3.8, 4) is 0 Å². The van der Waals surface area contributed by atoms with Gasteiger partial charge in [0.05, 0.1) is 29.2 Å². The number of aromatic nitrogens is 1. The summed E-state index contributed by atoms with van der Waals surface area (Å²) in [5, 5.41) is 4.05. The second-order valence-electron chi connectivity index (χ2n) is 8.10. The molecule has 1 fully saturated rings. The lowest BCUT2D eigenvalue weighted by atomic mass is 10.0. The van der Waals surface area contributed by atoms with Gasteiger partial charge in [0, 0.05) is 33.1 Å². The molecule has 6 nitrogen and oxygen atoms in total. The van der Waals surface area contributed by atoms with Crippen LogP contribution in [0.1, 0.15) is 35.5 Å². The largest absolute Gasteiger partial charge is 0.349 e. The number of fused-ring (bicyclic) bond motifs is 1. The molecule has 1 N–H and O–H groups in total. The average Bonchev–Trinajstić information content (AvgIpc) is 3.16. The quantitative estimate of drug-likeness (QED) is 0.642. The van der Waals surface area contributed by atoms with Crippen molar-refractivity contribution < 1.29 is 9.59 Å². The molecule has 0 spiro atoms. The van der Waals surface area contributed by atoms with E-state index >= 15 is 0 Å². The van der Waals surface area contributed by atoms with Crippen LogP contribution in [-0.4, -0.2) is 52.8 Å². The fraction of sp³-hybridized carbons (Fsp3) is 0.375. The van der Waals surface area contributed by atoms with Crippen LogP contribution in [-0.2, 0) is 16.1 Å². The Labute approximate surface area is 186 Å². The van der Waals surface area contributed by atoms with Crippen LogP contribution in [0.4, 0.5) is 0 Å². The first-order chi connectivity index (χ1) is 15.0. The summed E-state index contributed by atoms with van der Waals surface area (Å²) < 4.78 is 1.21. The number of nitrogens with zero attached hydrogens (tertiary/aromatic N) is 3. The second-order valence-corrected chi connectivity index (χ2v) is 9.22. The van der Waals surface area contributed by atoms with Crippen LogP contribution in [0.25, 0.3) is 10.2 Å². The molecule has 0 radical (unpaired) electrons. The smallest absolute Gasteiger partial charge is 0.225 e. The lowest BCUT2D eigenvalue weighted by Crippen LogP contribution is -2.49. The molecule has 2 aromatic carbocycles. The SMILES string of the molecule is CC(=O)NC(CC(=O)N1CCN(Cc2nc3ccccc3s2)CC1)c1ccc(C)cc1. The molecule has 0 bridgehead atoms. The van der Waals surface area contributed by atoms with Gasteiger partial charge in [-0.25, -0.2) is 4.98 Å². The third-order valence-electron chi connectivity index (χ3n) is 5.66. The first-order valence-corrected chi connectivity index (χ1v) is 11.5. The number of carbonyl (C=O) groups is 2. The summed E-state index contributed by atoms with van der Waals surface area (Å²) in [7, 11) is 0. The van der Waals surface area contributed by atoms with E-state index in [9.17, 15) is 9.59 Å². The summed E-state index contributed by atoms with van der Waals surface area (Å²) in [5.74, 6) is -0.0435. The van der Waals surface area contributed by atoms with Crippen molar-refractivity contribution in [2.75, 3.05) is 26.2 Å². The minimum atomic E-state index is -0.300. The molecule has 0 saturated carbocycles. The van der Waals surface area contributed by atoms with Crippen molar-refractivity contribution in [3.05, 3.63) is 64.7 Å². The van der Waals surface area contributed by atoms with Crippen molar-refractivity contribution >= 4 is 33.4 Å². The van der Waals surface area contributed by atoms with E-state index in [2.05, 4.69) is 16.3 Å². The Balaban J connectivity index is 1.33. The molecule has 162 valence electrons. The van der Waals surface area contributed by atoms with Crippen LogP contribution >= 0.6 is 11.3 Å². The Kier molecular flexibility index (Phi) is 6.63. The zero-order valence-electron chi connectivity index (χ0n) is 18.0. The van der Waals surface area contributed by atoms with Gasteiger partial charge in [-0.05, 0) is 24.6 Å². The molecule has 31 heavy (non-hydrogen) atoms. The highest BCUT2D eigenvalue weighted by Gasteiger charge is 2.25. The van der Waals surface area contributed by atoms with Gasteiger partial charge >= 0.3 is 0 Å². The first-order valence-electron chi connectivity index (χ1n) is 10.7. The maximum absolute atomic E-state index is 13.0. The van der Waals surface area contributed by atoms with Gasteiger partial charge in [0.25, 0.3) is 0 Å². The molecule has 2 heterocycles. The molecule has 1 aliphatic rings. The third kappa shape index (κ3) is 5.48. The Bertz CT molecular complexity index is 1020. The summed E-state index contributed by atoms with van der Waals surface area (Å²) in [6.07, 6.45) is 0.278. The van der Waals surface area contributed by atoms with Crippen LogP contribution in [0.15, 0.2) is 48.5 Å². The zero-order chi connectivity index (χ0) is 21.8. The van der Waals surface area contributed by atoms with Crippen LogP contribution < -0.4 is 5.32 Å². The number of hydrogen-bond donors (Lipinski definition) is 1. The van der Waals surface area contributed by atoms with Crippen LogP contribution in [0.3, 0.4) is 0 Å². The normalized spacial score (nSPS) is 15.7. The molecular formula is C24H28N4O2S. The maximum atomic E-state index is 13.0. The standard InChI is InChI=1S/C24H28N4O2S/c1-17-7-9-19(10-8-17)21(25-18(2)29)15-24(30)28-13-11-27(12-14-28)16-23-26-20-5-3-4-6-22(20)31-23/h3-10,21H,11-16H2,1-2H3,(H,25,29). The molecule has 1 atom stereocenters. The molecule has 1 aliphatic heterocycles. The summed E-state index contributed by atoms with van der Waals surface area (Å²) in [5.41, 5.74) is 3.17. The number of nitrogens with one attached hydrogen (secondary N) is 1. The fourth-order valence-electron chi connectivity index (χ4n) is 3.93. The predicted molar refractivity (Wildman–Crippen MR) is 124 cm³/mol. The van der Waals surface area contributed by atoms with E-state index in [4.69, 9.17) is 4.98 Å². The number of thiazole rings is 1. The van der Waals surface area contributed by atoms with Crippen molar-refractivity contribution in [2.45, 2.75) is 32.9 Å². The van der Waals surface area contributed by atoms with E-state index in [1.54, 1.807) is 11.3 Å². The van der Waals surface area contributed by atoms with Gasteiger partial charge in [-0.2, -0.15) is 0 Å². The van der Waals surface area contributed by atoms with E-state index < -0.39 is 0 Å². The Morgan fingerprint density at radius 3 is 2.45 bits per heavy atom. The summed E-state index contributed by atoms with van der Waals surface area (Å²) in [6.45, 7) is 7.39. The van der Waals surface area contributed by atoms with E-state index in [0.29, 0.717) is 13.1 Å². The minimum Gasteiger partial charge on any atom is -0.349 e. The van der Waals surface area contributed by atoms with Gasteiger partial charge < -0.3 is 10.2 Å². The van der Waals surface area contributed by atoms with Crippen LogP contribution in [0, 0.1) is 6.92 Å². The third-order valence-corrected chi connectivity index (χ3v) is 6.68. The number of carbonyl (C=O) groups excluding carboxylic acids is 2. The number of benzene rings is 2. The highest BCUT2D eigenvalue weighted by Crippen LogP contribution is 2.23. The van der Waals surface area contributed by atoms with E-state index in [1.165, 1.54) is 11.6 Å². The molecule has 1 aromatic heterocycles. The number of piperazine rings is 1. The molecular weight excluding hydrogens is 408 g/mol. The van der Waals surface area contributed by atoms with Gasteiger partial charge in [0.2, 0.25) is 11.8 Å². The summed E-state index contributed by atoms with van der Waals surface area (Å²) in [6, 6.07) is 15.9. The van der Waals surface area contributed by atoms with Crippen molar-refractivity contribution in [2.24, 2.45) is 0 Å². The summed E-state index contributed by atoms with van der Waals surface area (Å²) >= 11 is 1.74. The lowest BCUT2D eigenvalue weighted by Gasteiger charge is -2.35. The molecule has 7 heteroatoms. The Morgan fingerprint density at radius 2 is 1.77 bits per heavy atom. The summed E-state index contributed by atoms with van der Waals surface area (Å²) in [4.78, 5) is 33.6. The highest BCUT2D eigenvalue weighted by atomic mass is 32.1. The number of amides is 2. The van der Waals surface area contributed by atoms with E-state index in [1.807, 2.05) is 54.3 Å². The molecule has 4 rings (SSSR count). The Morgan fingerprint density at radius 1 is 1.06 bits per heavy atom. The molecule has 1 unspecified atom stereocenters. The number of aryl methyl sites for hydroxylation is 1. The molecule has 3 aromatic rings. The molecule has 1 saturated heterocycles. The topological polar surface area (TPSA) is 65.5 Å². The van der Waals surface area contributed by atoms with E-state index in [-0.39, 0.29) is 24.3 Å². The van der Waals surface area contributed by atoms with Gasteiger partial charge in [-0.3, -0.25) is 14.5 Å². The minimum absolute atomic E-state index is 0.0824. The van der Waals surface area contributed by atoms with Gasteiger partial charge in [-0.15, -0.1) is 11.3 Å². The number of rotatable bonds is 6. The highest BCUT2D eigenvalue weighted by molar-refractivity contribution is 7.18. The lowest BCUT2D eigenvalue weighted by molar-refractivity contribution is -0.133. The monoisotopic (exact) mass is 436 g/mol. The van der Waals surface area contributed by atoms with Crippen LogP contribution in [0.5, 0.6) is 0 Å². The first kappa shape index (κ1) is 21.5. The molecule has 0 aliphatic carbocycles. The Hall–Kier alpha value is -2.77.